The molecule has 8 rings (SSSR count). The zero-order valence-electron chi connectivity index (χ0n) is 25.6. The molecule has 0 aliphatic carbocycles. The smallest absolute Gasteiger partial charge is 0.319 e. The second-order valence-electron chi connectivity index (χ2n) is 13.3. The monoisotopic (exact) mass is 647 g/mol. The summed E-state index contributed by atoms with van der Waals surface area (Å²) in [6.45, 7) is 3.22. The number of terminal acetylenes is 1. The van der Waals surface area contributed by atoms with Gasteiger partial charge in [0, 0.05) is 23.9 Å². The van der Waals surface area contributed by atoms with E-state index in [9.17, 15) is 19.0 Å². The number of fused-ring (bicyclic) bond motifs is 4. The number of ether oxygens (including phenoxy) is 3. The minimum atomic E-state index is -1.27. The molecular weight excluding hydrogens is 615 g/mol. The molecule has 4 aliphatic rings. The lowest BCUT2D eigenvalue weighted by Gasteiger charge is -2.33. The zero-order valence-corrected chi connectivity index (χ0v) is 25.6. The van der Waals surface area contributed by atoms with Gasteiger partial charge in [0.1, 0.15) is 59.0 Å². The number of anilines is 1. The lowest BCUT2D eigenvalue weighted by atomic mass is 9.95. The third-order valence-corrected chi connectivity index (χ3v) is 9.75. The number of nitrogens with zero attached hydrogens (tertiary/aromatic N) is 5. The third kappa shape index (κ3) is 4.89. The Hall–Kier alpha value is -4.38. The quantitative estimate of drug-likeness (QED) is 0.314. The van der Waals surface area contributed by atoms with Crippen molar-refractivity contribution in [3.63, 3.8) is 0 Å². The van der Waals surface area contributed by atoms with Crippen LogP contribution >= 0.6 is 0 Å². The molecule has 2 aromatic carbocycles. The predicted molar refractivity (Wildman–Crippen MR) is 166 cm³/mol. The molecule has 47 heavy (non-hydrogen) atoms. The number of hydrogen-bond donors (Lipinski definition) is 2. The summed E-state index contributed by atoms with van der Waals surface area (Å²) in [7, 11) is 0. The summed E-state index contributed by atoms with van der Waals surface area (Å²) >= 11 is 0. The molecule has 3 fully saturated rings. The van der Waals surface area contributed by atoms with E-state index < -0.39 is 35.0 Å². The number of benzene rings is 2. The van der Waals surface area contributed by atoms with Crippen molar-refractivity contribution in [1.82, 2.24) is 19.9 Å². The molecule has 244 valence electrons. The summed E-state index contributed by atoms with van der Waals surface area (Å²) in [6.07, 6.45) is 6.71. The average molecular weight is 648 g/mol. The minimum absolute atomic E-state index is 0.00237. The molecule has 4 atom stereocenters. The molecular formula is C34H32F3N5O5. The van der Waals surface area contributed by atoms with E-state index in [0.717, 1.165) is 19.4 Å². The lowest BCUT2D eigenvalue weighted by molar-refractivity contribution is -0.0151. The van der Waals surface area contributed by atoms with Crippen molar-refractivity contribution in [1.29, 1.82) is 0 Å². The van der Waals surface area contributed by atoms with Gasteiger partial charge in [-0.3, -0.25) is 4.90 Å². The summed E-state index contributed by atoms with van der Waals surface area (Å²) in [5.41, 5.74) is -2.33. The third-order valence-electron chi connectivity index (χ3n) is 9.75. The summed E-state index contributed by atoms with van der Waals surface area (Å²) in [4.78, 5) is 17.7. The van der Waals surface area contributed by atoms with Gasteiger partial charge < -0.3 is 29.3 Å². The normalized spacial score (nSPS) is 27.2. The van der Waals surface area contributed by atoms with Gasteiger partial charge in [0.05, 0.1) is 36.9 Å². The van der Waals surface area contributed by atoms with Gasteiger partial charge in [0.2, 0.25) is 5.88 Å². The molecule has 2 N–H and O–H groups in total. The van der Waals surface area contributed by atoms with Gasteiger partial charge in [-0.15, -0.1) is 6.42 Å². The first-order chi connectivity index (χ1) is 22.6. The Morgan fingerprint density at radius 1 is 1.17 bits per heavy atom. The largest absolute Gasteiger partial charge is 0.508 e. The Labute approximate surface area is 268 Å². The molecule has 0 saturated carbocycles. The van der Waals surface area contributed by atoms with E-state index in [1.54, 1.807) is 11.8 Å². The van der Waals surface area contributed by atoms with E-state index in [-0.39, 0.29) is 89.5 Å². The Morgan fingerprint density at radius 3 is 2.85 bits per heavy atom. The highest BCUT2D eigenvalue weighted by Gasteiger charge is 2.49. The van der Waals surface area contributed by atoms with E-state index in [0.29, 0.717) is 18.4 Å². The molecule has 0 unspecified atom stereocenters. The van der Waals surface area contributed by atoms with Crippen molar-refractivity contribution in [2.75, 3.05) is 51.0 Å². The first-order valence-electron chi connectivity index (χ1n) is 15.6. The maximum Gasteiger partial charge on any atom is 0.319 e. The first kappa shape index (κ1) is 30.0. The van der Waals surface area contributed by atoms with Gasteiger partial charge in [-0.05, 0) is 49.9 Å². The molecule has 0 spiro atoms. The van der Waals surface area contributed by atoms with Crippen LogP contribution in [-0.2, 0) is 4.74 Å². The van der Waals surface area contributed by atoms with E-state index in [2.05, 4.69) is 20.8 Å². The first-order valence-corrected chi connectivity index (χ1v) is 15.6. The number of phenolic OH excluding ortho intramolecular Hbond substituents is 1. The molecule has 2 aromatic heterocycles. The number of hydrogen-bond acceptors (Lipinski definition) is 10. The number of pyridine rings is 1. The number of aromatic nitrogens is 3. The average Bonchev–Trinajstić information content (AvgIpc) is 3.45. The van der Waals surface area contributed by atoms with Crippen molar-refractivity contribution < 1.29 is 37.6 Å². The summed E-state index contributed by atoms with van der Waals surface area (Å²) < 4.78 is 64.6. The highest BCUT2D eigenvalue weighted by molar-refractivity contribution is 6.04. The SMILES string of the molecule is C#Cc1c(F)ccc2cc(O)cc(-c3nc4c5c(nc(OC[C@@]67CCCN6C[C@H](F)C7)nc5c3F)N3C[C@@](C)(O)COC[C@H]3CO4)c12. The molecule has 0 amide bonds. The predicted octanol–water partition coefficient (Wildman–Crippen LogP) is 4.11. The van der Waals surface area contributed by atoms with E-state index in [4.69, 9.17) is 25.6 Å². The van der Waals surface area contributed by atoms with E-state index in [1.165, 1.54) is 24.3 Å². The number of aromatic hydroxyl groups is 1. The zero-order chi connectivity index (χ0) is 32.7. The minimum Gasteiger partial charge on any atom is -0.508 e. The molecule has 4 aromatic rings. The number of phenols is 1. The fourth-order valence-electron chi connectivity index (χ4n) is 7.67. The van der Waals surface area contributed by atoms with E-state index >= 15 is 4.39 Å². The molecule has 4 aliphatic heterocycles. The van der Waals surface area contributed by atoms with Crippen LogP contribution in [0.5, 0.6) is 17.6 Å². The fraction of sp³-hybridized carbons (Fsp3) is 0.441. The van der Waals surface area contributed by atoms with Crippen LogP contribution in [-0.4, -0.2) is 99.5 Å². The second-order valence-corrected chi connectivity index (χ2v) is 13.3. The number of aliphatic hydroxyl groups is 1. The van der Waals surface area contributed by atoms with Crippen molar-refractivity contribution in [2.24, 2.45) is 0 Å². The van der Waals surface area contributed by atoms with Gasteiger partial charge in [-0.2, -0.15) is 9.97 Å². The maximum absolute atomic E-state index is 17.0. The standard InChI is InChI=1S/C34H32F3N5O5/c1-3-22-24(36)6-5-18-9-21(43)10-23(25(18)22)28-27(37)29-26-30(42-15-33(2,44)16-45-13-20(42)14-46-31(26)38-28)40-32(39-29)47-17-34-7-4-8-41(34)12-19(35)11-34/h1,5-6,9-10,19-20,43-44H,4,7-8,11-17H2,2H3/t19-,20+,33-,34+/m1/s1. The van der Waals surface area contributed by atoms with Crippen LogP contribution < -0.4 is 14.4 Å². The van der Waals surface area contributed by atoms with Crippen molar-refractivity contribution in [3.8, 4) is 41.2 Å². The molecule has 3 saturated heterocycles. The highest BCUT2D eigenvalue weighted by Crippen LogP contribution is 2.45. The fourth-order valence-corrected chi connectivity index (χ4v) is 7.67. The molecule has 0 bridgehead atoms. The van der Waals surface area contributed by atoms with Crippen molar-refractivity contribution >= 4 is 27.5 Å². The van der Waals surface area contributed by atoms with Crippen LogP contribution in [0.3, 0.4) is 0 Å². The topological polar surface area (TPSA) is 113 Å². The van der Waals surface area contributed by atoms with Crippen LogP contribution in [0.2, 0.25) is 0 Å². The molecule has 13 heteroatoms. The number of halogens is 3. The van der Waals surface area contributed by atoms with E-state index in [1.807, 2.05) is 0 Å². The summed E-state index contributed by atoms with van der Waals surface area (Å²) in [5.74, 6) is 0.777. The summed E-state index contributed by atoms with van der Waals surface area (Å²) in [5, 5.41) is 22.4. The number of alkyl halides is 1. The Balaban J connectivity index is 1.34. The molecule has 10 nitrogen and oxygen atoms in total. The number of rotatable bonds is 4. The van der Waals surface area contributed by atoms with Gasteiger partial charge in [0.15, 0.2) is 5.82 Å². The Morgan fingerprint density at radius 2 is 2.02 bits per heavy atom. The maximum atomic E-state index is 17.0. The van der Waals surface area contributed by atoms with Crippen molar-refractivity contribution in [2.45, 2.75) is 49.5 Å². The summed E-state index contributed by atoms with van der Waals surface area (Å²) in [6, 6.07) is 4.71. The van der Waals surface area contributed by atoms with Gasteiger partial charge in [-0.25, -0.2) is 18.2 Å². The van der Waals surface area contributed by atoms with Crippen LogP contribution in [0.25, 0.3) is 32.9 Å². The van der Waals surface area contributed by atoms with Gasteiger partial charge in [0.25, 0.3) is 0 Å². The van der Waals surface area contributed by atoms with Crippen LogP contribution in [0.15, 0.2) is 24.3 Å². The molecule has 6 heterocycles. The Kier molecular flexibility index (Phi) is 6.91. The van der Waals surface area contributed by atoms with Crippen LogP contribution in [0.1, 0.15) is 31.7 Å². The second kappa shape index (κ2) is 10.8. The van der Waals surface area contributed by atoms with Crippen LogP contribution in [0, 0.1) is 24.0 Å². The highest BCUT2D eigenvalue weighted by atomic mass is 19.1. The van der Waals surface area contributed by atoms with Crippen molar-refractivity contribution in [3.05, 3.63) is 41.5 Å². The lowest BCUT2D eigenvalue weighted by Crippen LogP contribution is -2.47. The Bertz CT molecular complexity index is 1990. The van der Waals surface area contributed by atoms with Gasteiger partial charge in [-0.1, -0.05) is 12.0 Å². The van der Waals surface area contributed by atoms with Crippen LogP contribution in [0.4, 0.5) is 19.0 Å². The molecule has 0 radical (unpaired) electrons. The van der Waals surface area contributed by atoms with Gasteiger partial charge >= 0.3 is 6.01 Å².